The van der Waals surface area contributed by atoms with Crippen molar-refractivity contribution in [2.45, 2.75) is 148 Å². The van der Waals surface area contributed by atoms with Crippen LogP contribution in [0.1, 0.15) is 152 Å². The molecule has 0 radical (unpaired) electrons. The monoisotopic (exact) mass is 490 g/mol. The van der Waals surface area contributed by atoms with Gasteiger partial charge in [-0.25, -0.2) is 0 Å². The van der Waals surface area contributed by atoms with E-state index < -0.39 is 5.79 Å². The summed E-state index contributed by atoms with van der Waals surface area (Å²) in [6, 6.07) is 2.38. The van der Waals surface area contributed by atoms with Crippen LogP contribution in [0.5, 0.6) is 17.2 Å². The molecule has 0 bridgehead atoms. The molecule has 1 aliphatic heterocycles. The van der Waals surface area contributed by atoms with E-state index in [1.165, 1.54) is 109 Å². The molecule has 0 amide bonds. The first-order valence-corrected chi connectivity index (χ1v) is 14.5. The van der Waals surface area contributed by atoms with Crippen LogP contribution >= 0.6 is 0 Å². The summed E-state index contributed by atoms with van der Waals surface area (Å²) in [6.45, 7) is 2.28. The first-order chi connectivity index (χ1) is 16.9. The fraction of sp³-hybridized carbons (Fsp3) is 0.767. The number of aliphatic hydroxyl groups is 1. The lowest BCUT2D eigenvalue weighted by molar-refractivity contribution is -0.145. The molecule has 1 unspecified atom stereocenters. The molecule has 35 heavy (non-hydrogen) atoms. The van der Waals surface area contributed by atoms with Crippen LogP contribution in [0.25, 0.3) is 0 Å². The van der Waals surface area contributed by atoms with E-state index in [2.05, 4.69) is 6.92 Å². The SMILES string of the molecule is CCCCCCCCCCCCCCCCCCCCCC1(O)CC(=O)c2c(O)cc(O)cc2O1. The van der Waals surface area contributed by atoms with Gasteiger partial charge in [0.25, 0.3) is 0 Å². The van der Waals surface area contributed by atoms with Crippen molar-refractivity contribution in [3.05, 3.63) is 17.7 Å². The second kappa shape index (κ2) is 16.8. The van der Waals surface area contributed by atoms with Gasteiger partial charge in [0, 0.05) is 18.6 Å². The molecule has 3 N–H and O–H groups in total. The minimum Gasteiger partial charge on any atom is -0.508 e. The summed E-state index contributed by atoms with van der Waals surface area (Å²) < 4.78 is 5.60. The van der Waals surface area contributed by atoms with Crippen LogP contribution in [-0.2, 0) is 0 Å². The van der Waals surface area contributed by atoms with Crippen LogP contribution in [0.3, 0.4) is 0 Å². The third kappa shape index (κ3) is 11.7. The summed E-state index contributed by atoms with van der Waals surface area (Å²) in [5.74, 6) is -2.36. The van der Waals surface area contributed by atoms with Crippen molar-refractivity contribution in [3.8, 4) is 17.2 Å². The van der Waals surface area contributed by atoms with Crippen LogP contribution in [0.15, 0.2) is 12.1 Å². The molecule has 1 heterocycles. The number of carbonyl (C=O) groups excluding carboxylic acids is 1. The van der Waals surface area contributed by atoms with Crippen molar-refractivity contribution >= 4 is 5.78 Å². The van der Waals surface area contributed by atoms with Gasteiger partial charge in [-0.2, -0.15) is 0 Å². The molecule has 0 spiro atoms. The Morgan fingerprint density at radius 2 is 1.14 bits per heavy atom. The molecule has 200 valence electrons. The lowest BCUT2D eigenvalue weighted by Crippen LogP contribution is -2.41. The summed E-state index contributed by atoms with van der Waals surface area (Å²) in [5.41, 5.74) is 0.0423. The number of unbranched alkanes of at least 4 members (excludes halogenated alkanes) is 18. The summed E-state index contributed by atoms with van der Waals surface area (Å²) in [7, 11) is 0. The predicted molar refractivity (Wildman–Crippen MR) is 142 cm³/mol. The number of fused-ring (bicyclic) bond motifs is 1. The van der Waals surface area contributed by atoms with Gasteiger partial charge < -0.3 is 20.1 Å². The molecular weight excluding hydrogens is 440 g/mol. The molecule has 1 aromatic rings. The largest absolute Gasteiger partial charge is 0.508 e. The number of phenolic OH excluding ortho intramolecular Hbond substituents is 2. The van der Waals surface area contributed by atoms with Crippen molar-refractivity contribution in [2.24, 2.45) is 0 Å². The van der Waals surface area contributed by atoms with E-state index in [0.29, 0.717) is 6.42 Å². The molecule has 0 saturated carbocycles. The summed E-state index contributed by atoms with van der Waals surface area (Å²) >= 11 is 0. The zero-order valence-electron chi connectivity index (χ0n) is 22.2. The molecule has 0 aromatic heterocycles. The van der Waals surface area contributed by atoms with Crippen LogP contribution in [0, 0.1) is 0 Å². The van der Waals surface area contributed by atoms with E-state index in [4.69, 9.17) is 4.74 Å². The number of hydrogen-bond donors (Lipinski definition) is 3. The van der Waals surface area contributed by atoms with E-state index in [9.17, 15) is 20.1 Å². The highest BCUT2D eigenvalue weighted by atomic mass is 16.6. The van der Waals surface area contributed by atoms with Gasteiger partial charge >= 0.3 is 0 Å². The van der Waals surface area contributed by atoms with Crippen molar-refractivity contribution in [1.82, 2.24) is 0 Å². The van der Waals surface area contributed by atoms with Gasteiger partial charge in [-0.3, -0.25) is 4.79 Å². The van der Waals surface area contributed by atoms with Crippen LogP contribution in [-0.4, -0.2) is 26.9 Å². The molecule has 1 atom stereocenters. The lowest BCUT2D eigenvalue weighted by atomic mass is 9.93. The van der Waals surface area contributed by atoms with Gasteiger partial charge in [0.2, 0.25) is 5.79 Å². The first-order valence-electron chi connectivity index (χ1n) is 14.5. The van der Waals surface area contributed by atoms with Gasteiger partial charge in [-0.15, -0.1) is 0 Å². The van der Waals surface area contributed by atoms with Crippen molar-refractivity contribution in [2.75, 3.05) is 0 Å². The molecule has 0 saturated heterocycles. The Morgan fingerprint density at radius 1 is 0.714 bits per heavy atom. The number of aromatic hydroxyl groups is 2. The summed E-state index contributed by atoms with van der Waals surface area (Å²) in [6.07, 6.45) is 25.1. The molecule has 5 heteroatoms. The average Bonchev–Trinajstić information content (AvgIpc) is 2.79. The number of benzene rings is 1. The van der Waals surface area contributed by atoms with E-state index >= 15 is 0 Å². The molecule has 5 nitrogen and oxygen atoms in total. The van der Waals surface area contributed by atoms with Gasteiger partial charge in [0.05, 0.1) is 6.42 Å². The number of phenols is 2. The number of carbonyl (C=O) groups is 1. The predicted octanol–water partition coefficient (Wildman–Crippen LogP) is 8.57. The Hall–Kier alpha value is -1.75. The van der Waals surface area contributed by atoms with Gasteiger partial charge in [0.15, 0.2) is 5.78 Å². The molecule has 2 rings (SSSR count). The van der Waals surface area contributed by atoms with E-state index in [1.807, 2.05) is 0 Å². The Balaban J connectivity index is 1.40. The average molecular weight is 491 g/mol. The Kier molecular flexibility index (Phi) is 14.2. The smallest absolute Gasteiger partial charge is 0.215 e. The van der Waals surface area contributed by atoms with Crippen molar-refractivity contribution < 1.29 is 24.9 Å². The first kappa shape index (κ1) is 29.5. The fourth-order valence-corrected chi connectivity index (χ4v) is 5.15. The lowest BCUT2D eigenvalue weighted by Gasteiger charge is -2.33. The zero-order chi connectivity index (χ0) is 25.4. The Labute approximate surface area is 213 Å². The van der Waals surface area contributed by atoms with Gasteiger partial charge in [0.1, 0.15) is 22.8 Å². The third-order valence-corrected chi connectivity index (χ3v) is 7.25. The second-order valence-electron chi connectivity index (χ2n) is 10.6. The van der Waals surface area contributed by atoms with Crippen LogP contribution in [0.4, 0.5) is 0 Å². The molecule has 0 fully saturated rings. The quantitative estimate of drug-likeness (QED) is 0.159. The van der Waals surface area contributed by atoms with E-state index in [-0.39, 0.29) is 35.0 Å². The molecule has 1 aliphatic rings. The van der Waals surface area contributed by atoms with E-state index in [0.717, 1.165) is 25.3 Å². The Bertz CT molecular complexity index is 732. The maximum Gasteiger partial charge on any atom is 0.215 e. The molecule has 1 aromatic carbocycles. The zero-order valence-corrected chi connectivity index (χ0v) is 22.2. The second-order valence-corrected chi connectivity index (χ2v) is 10.6. The summed E-state index contributed by atoms with van der Waals surface area (Å²) in [5, 5.41) is 30.2. The third-order valence-electron chi connectivity index (χ3n) is 7.25. The highest BCUT2D eigenvalue weighted by Crippen LogP contribution is 2.41. The minimum atomic E-state index is -1.56. The fourth-order valence-electron chi connectivity index (χ4n) is 5.15. The van der Waals surface area contributed by atoms with E-state index in [1.54, 1.807) is 0 Å². The number of Topliss-reactive ketones (excluding diaryl/α,β-unsaturated/α-hetero) is 1. The van der Waals surface area contributed by atoms with Crippen LogP contribution in [0.2, 0.25) is 0 Å². The molecular formula is C30H50O5. The maximum atomic E-state index is 12.4. The van der Waals surface area contributed by atoms with Crippen LogP contribution < -0.4 is 4.74 Å². The van der Waals surface area contributed by atoms with Crippen molar-refractivity contribution in [1.29, 1.82) is 0 Å². The number of ketones is 1. The summed E-state index contributed by atoms with van der Waals surface area (Å²) in [4.78, 5) is 12.4. The molecule has 0 aliphatic carbocycles. The van der Waals surface area contributed by atoms with Crippen molar-refractivity contribution in [3.63, 3.8) is 0 Å². The van der Waals surface area contributed by atoms with Gasteiger partial charge in [-0.05, 0) is 6.42 Å². The highest BCUT2D eigenvalue weighted by molar-refractivity contribution is 6.02. The van der Waals surface area contributed by atoms with Gasteiger partial charge in [-0.1, -0.05) is 122 Å². The highest BCUT2D eigenvalue weighted by Gasteiger charge is 2.40. The Morgan fingerprint density at radius 3 is 1.60 bits per heavy atom. The standard InChI is InChI=1S/C30H50O5/c1-2-3-4-5-6-7-8-9-10-11-12-13-14-15-16-17-18-19-20-21-30(34)24-27(33)29-26(32)22-25(31)23-28(29)35-30/h22-23,31-32,34H,2-21,24H2,1H3. The minimum absolute atomic E-state index is 0.0423. The topological polar surface area (TPSA) is 87.0 Å². The number of hydrogen-bond acceptors (Lipinski definition) is 5. The normalized spacial score (nSPS) is 17.4. The number of ether oxygens (including phenoxy) is 1. The maximum absolute atomic E-state index is 12.4. The number of rotatable bonds is 20.